The third-order valence-electron chi connectivity index (χ3n) is 3.17. The van der Waals surface area contributed by atoms with Gasteiger partial charge in [-0.1, -0.05) is 40.2 Å². The van der Waals surface area contributed by atoms with Crippen molar-refractivity contribution in [3.8, 4) is 5.75 Å². The number of amides is 1. The summed E-state index contributed by atoms with van der Waals surface area (Å²) in [6, 6.07) is 15.6. The Labute approximate surface area is 139 Å². The van der Waals surface area contributed by atoms with Crippen LogP contribution in [0.3, 0.4) is 0 Å². The van der Waals surface area contributed by atoms with Gasteiger partial charge in [-0.15, -0.1) is 0 Å². The van der Waals surface area contributed by atoms with Crippen molar-refractivity contribution in [3.05, 3.63) is 70.2 Å². The number of hydrogen-bond acceptors (Lipinski definition) is 2. The molecule has 0 spiro atoms. The smallest absolute Gasteiger partial charge is 0.244 e. The first-order valence-corrected chi connectivity index (χ1v) is 7.81. The normalized spacial score (nSPS) is 10.6. The van der Waals surface area contributed by atoms with Crippen LogP contribution in [0.1, 0.15) is 11.1 Å². The Balaban J connectivity index is 1.76. The molecule has 0 saturated carbocycles. The minimum atomic E-state index is -0.0866. The van der Waals surface area contributed by atoms with Crippen molar-refractivity contribution in [1.82, 2.24) is 5.32 Å². The molecule has 0 saturated heterocycles. The standard InChI is InChI=1S/C18H18BrNO2/c1-22-17-9-4-15(5-10-17)12-13-20-18(21)11-6-14-2-7-16(19)8-3-14/h2-11H,12-13H2,1H3,(H,20,21)/b11-6+. The molecule has 2 aromatic rings. The lowest BCUT2D eigenvalue weighted by atomic mass is 10.1. The monoisotopic (exact) mass is 359 g/mol. The second-order valence-corrected chi connectivity index (χ2v) is 5.69. The zero-order valence-corrected chi connectivity index (χ0v) is 14.0. The summed E-state index contributed by atoms with van der Waals surface area (Å²) in [6.07, 6.45) is 4.15. The van der Waals surface area contributed by atoms with Crippen molar-refractivity contribution < 1.29 is 9.53 Å². The van der Waals surface area contributed by atoms with Crippen LogP contribution >= 0.6 is 15.9 Å². The number of halogens is 1. The van der Waals surface area contributed by atoms with Crippen LogP contribution in [-0.2, 0) is 11.2 Å². The highest BCUT2D eigenvalue weighted by Gasteiger charge is 1.98. The van der Waals surface area contributed by atoms with Gasteiger partial charge >= 0.3 is 0 Å². The van der Waals surface area contributed by atoms with E-state index in [0.717, 1.165) is 27.8 Å². The molecule has 114 valence electrons. The number of carbonyl (C=O) groups is 1. The highest BCUT2D eigenvalue weighted by atomic mass is 79.9. The third-order valence-corrected chi connectivity index (χ3v) is 3.70. The maximum absolute atomic E-state index is 11.7. The summed E-state index contributed by atoms with van der Waals surface area (Å²) in [6.45, 7) is 0.607. The molecular formula is C18H18BrNO2. The summed E-state index contributed by atoms with van der Waals surface area (Å²) in [5.74, 6) is 0.752. The van der Waals surface area contributed by atoms with Gasteiger partial charge in [0, 0.05) is 17.1 Å². The topological polar surface area (TPSA) is 38.3 Å². The van der Waals surface area contributed by atoms with E-state index in [4.69, 9.17) is 4.74 Å². The van der Waals surface area contributed by atoms with Crippen LogP contribution < -0.4 is 10.1 Å². The molecule has 0 unspecified atom stereocenters. The molecule has 0 fully saturated rings. The molecule has 4 heteroatoms. The van der Waals surface area contributed by atoms with Gasteiger partial charge in [-0.05, 0) is 47.9 Å². The fourth-order valence-corrected chi connectivity index (χ4v) is 2.19. The van der Waals surface area contributed by atoms with Crippen molar-refractivity contribution in [2.75, 3.05) is 13.7 Å². The Hall–Kier alpha value is -2.07. The Bertz CT molecular complexity index is 633. The zero-order chi connectivity index (χ0) is 15.8. The fourth-order valence-electron chi connectivity index (χ4n) is 1.93. The second kappa shape index (κ2) is 8.39. The minimum Gasteiger partial charge on any atom is -0.497 e. The number of methoxy groups -OCH3 is 1. The molecule has 0 aliphatic rings. The highest BCUT2D eigenvalue weighted by molar-refractivity contribution is 9.10. The molecular weight excluding hydrogens is 342 g/mol. The Kier molecular flexibility index (Phi) is 6.22. The van der Waals surface area contributed by atoms with Gasteiger partial charge in [-0.25, -0.2) is 0 Å². The highest BCUT2D eigenvalue weighted by Crippen LogP contribution is 2.12. The summed E-state index contributed by atoms with van der Waals surface area (Å²) in [7, 11) is 1.65. The molecule has 2 aromatic carbocycles. The Morgan fingerprint density at radius 1 is 1.14 bits per heavy atom. The van der Waals surface area contributed by atoms with E-state index in [2.05, 4.69) is 21.2 Å². The number of carbonyl (C=O) groups excluding carboxylic acids is 1. The van der Waals surface area contributed by atoms with Crippen LogP contribution in [0.5, 0.6) is 5.75 Å². The molecule has 22 heavy (non-hydrogen) atoms. The first-order valence-electron chi connectivity index (χ1n) is 7.02. The van der Waals surface area contributed by atoms with Crippen molar-refractivity contribution in [2.45, 2.75) is 6.42 Å². The molecule has 0 radical (unpaired) electrons. The van der Waals surface area contributed by atoms with E-state index in [9.17, 15) is 4.79 Å². The van der Waals surface area contributed by atoms with E-state index in [-0.39, 0.29) is 5.91 Å². The number of benzene rings is 2. The van der Waals surface area contributed by atoms with Crippen LogP contribution in [0.25, 0.3) is 6.08 Å². The van der Waals surface area contributed by atoms with Crippen molar-refractivity contribution >= 4 is 27.9 Å². The predicted octanol–water partition coefficient (Wildman–Crippen LogP) is 3.83. The summed E-state index contributed by atoms with van der Waals surface area (Å²) in [5.41, 5.74) is 2.16. The summed E-state index contributed by atoms with van der Waals surface area (Å²) >= 11 is 3.38. The maximum atomic E-state index is 11.7. The Morgan fingerprint density at radius 2 is 1.82 bits per heavy atom. The molecule has 0 aliphatic heterocycles. The molecule has 3 nitrogen and oxygen atoms in total. The van der Waals surface area contributed by atoms with Crippen molar-refractivity contribution in [2.24, 2.45) is 0 Å². The van der Waals surface area contributed by atoms with E-state index in [1.165, 1.54) is 0 Å². The van der Waals surface area contributed by atoms with Crippen LogP contribution in [0.2, 0.25) is 0 Å². The van der Waals surface area contributed by atoms with Crippen LogP contribution in [-0.4, -0.2) is 19.6 Å². The lowest BCUT2D eigenvalue weighted by Gasteiger charge is -2.04. The molecule has 1 amide bonds. The Morgan fingerprint density at radius 3 is 2.45 bits per heavy atom. The lowest BCUT2D eigenvalue weighted by molar-refractivity contribution is -0.116. The van der Waals surface area contributed by atoms with Gasteiger partial charge in [0.15, 0.2) is 0 Å². The first kappa shape index (κ1) is 16.3. The van der Waals surface area contributed by atoms with Gasteiger partial charge in [0.2, 0.25) is 5.91 Å². The van der Waals surface area contributed by atoms with Crippen molar-refractivity contribution in [3.63, 3.8) is 0 Å². The molecule has 0 aromatic heterocycles. The molecule has 1 N–H and O–H groups in total. The fraction of sp³-hybridized carbons (Fsp3) is 0.167. The first-order chi connectivity index (χ1) is 10.7. The van der Waals surface area contributed by atoms with Gasteiger partial charge in [-0.2, -0.15) is 0 Å². The number of ether oxygens (including phenoxy) is 1. The van der Waals surface area contributed by atoms with E-state index in [1.807, 2.05) is 48.5 Å². The third kappa shape index (κ3) is 5.37. The number of hydrogen-bond donors (Lipinski definition) is 1. The average Bonchev–Trinajstić information content (AvgIpc) is 2.55. The van der Waals surface area contributed by atoms with Crippen molar-refractivity contribution in [1.29, 1.82) is 0 Å². The van der Waals surface area contributed by atoms with Gasteiger partial charge in [0.25, 0.3) is 0 Å². The maximum Gasteiger partial charge on any atom is 0.244 e. The van der Waals surface area contributed by atoms with Crippen LogP contribution in [0.4, 0.5) is 0 Å². The number of rotatable bonds is 6. The van der Waals surface area contributed by atoms with Gasteiger partial charge in [0.1, 0.15) is 5.75 Å². The summed E-state index contributed by atoms with van der Waals surface area (Å²) in [4.78, 5) is 11.7. The predicted molar refractivity (Wildman–Crippen MR) is 92.9 cm³/mol. The molecule has 0 atom stereocenters. The second-order valence-electron chi connectivity index (χ2n) is 4.77. The average molecular weight is 360 g/mol. The van der Waals surface area contributed by atoms with Crippen LogP contribution in [0.15, 0.2) is 59.1 Å². The quantitative estimate of drug-likeness (QED) is 0.796. The molecule has 0 heterocycles. The molecule has 0 bridgehead atoms. The van der Waals surface area contributed by atoms with Gasteiger partial charge in [0.05, 0.1) is 7.11 Å². The van der Waals surface area contributed by atoms with E-state index >= 15 is 0 Å². The van der Waals surface area contributed by atoms with Gasteiger partial charge < -0.3 is 10.1 Å². The summed E-state index contributed by atoms with van der Waals surface area (Å²) < 4.78 is 6.13. The lowest BCUT2D eigenvalue weighted by Crippen LogP contribution is -2.23. The zero-order valence-electron chi connectivity index (χ0n) is 12.4. The SMILES string of the molecule is COc1ccc(CCNC(=O)/C=C/c2ccc(Br)cc2)cc1. The van der Waals surface area contributed by atoms with E-state index in [0.29, 0.717) is 6.54 Å². The summed E-state index contributed by atoms with van der Waals surface area (Å²) in [5, 5.41) is 2.88. The molecule has 2 rings (SSSR count). The largest absolute Gasteiger partial charge is 0.497 e. The minimum absolute atomic E-state index is 0.0866. The van der Waals surface area contributed by atoms with E-state index in [1.54, 1.807) is 19.3 Å². The number of nitrogens with one attached hydrogen (secondary N) is 1. The van der Waals surface area contributed by atoms with Gasteiger partial charge in [-0.3, -0.25) is 4.79 Å². The molecule has 0 aliphatic carbocycles. The van der Waals surface area contributed by atoms with Crippen LogP contribution in [0, 0.1) is 0 Å². The van der Waals surface area contributed by atoms with E-state index < -0.39 is 0 Å².